The highest BCUT2D eigenvalue weighted by molar-refractivity contribution is 5.91. The Kier molecular flexibility index (Phi) is 7.08. The SMILES string of the molecule is CC1(C)CCc2nn(-c3ccccc3O[C@H]3CCN(C(=O)OC(C)(C)C)C3)c(C(=O)OC(C)(C)C)c2C1. The van der Waals surface area contributed by atoms with Gasteiger partial charge in [-0.3, -0.25) is 0 Å². The number of hydrogen-bond acceptors (Lipinski definition) is 6. The number of ether oxygens (including phenoxy) is 3. The van der Waals surface area contributed by atoms with E-state index in [1.807, 2.05) is 65.8 Å². The second kappa shape index (κ2) is 9.69. The van der Waals surface area contributed by atoms with Crippen molar-refractivity contribution in [2.45, 2.75) is 98.4 Å². The van der Waals surface area contributed by atoms with Gasteiger partial charge in [0, 0.05) is 18.5 Å². The molecule has 4 rings (SSSR count). The van der Waals surface area contributed by atoms with Crippen molar-refractivity contribution in [1.82, 2.24) is 14.7 Å². The van der Waals surface area contributed by atoms with Gasteiger partial charge in [0.15, 0.2) is 5.69 Å². The summed E-state index contributed by atoms with van der Waals surface area (Å²) in [5.41, 5.74) is 1.94. The number of esters is 1. The van der Waals surface area contributed by atoms with Gasteiger partial charge < -0.3 is 19.1 Å². The molecule has 1 aliphatic carbocycles. The topological polar surface area (TPSA) is 82.9 Å². The van der Waals surface area contributed by atoms with Gasteiger partial charge in [0.1, 0.15) is 28.7 Å². The fraction of sp³-hybridized carbons (Fsp3) is 0.621. The molecule has 0 saturated carbocycles. The lowest BCUT2D eigenvalue weighted by Gasteiger charge is -2.29. The lowest BCUT2D eigenvalue weighted by atomic mass is 9.76. The fourth-order valence-electron chi connectivity index (χ4n) is 4.84. The van der Waals surface area contributed by atoms with Crippen LogP contribution in [0.5, 0.6) is 5.75 Å². The Bertz CT molecular complexity index is 1170. The number of rotatable bonds is 4. The molecule has 0 unspecified atom stereocenters. The molecule has 1 saturated heterocycles. The van der Waals surface area contributed by atoms with Crippen LogP contribution in [0.4, 0.5) is 4.79 Å². The molecule has 1 aromatic heterocycles. The van der Waals surface area contributed by atoms with Gasteiger partial charge in [0.25, 0.3) is 0 Å². The highest BCUT2D eigenvalue weighted by Crippen LogP contribution is 2.38. The zero-order chi connectivity index (χ0) is 27.2. The number of aromatic nitrogens is 2. The molecule has 202 valence electrons. The molecule has 1 fully saturated rings. The second-order valence-electron chi connectivity index (χ2n) is 13.0. The van der Waals surface area contributed by atoms with E-state index in [0.717, 1.165) is 30.5 Å². The minimum Gasteiger partial charge on any atom is -0.486 e. The van der Waals surface area contributed by atoms with Gasteiger partial charge in [-0.15, -0.1) is 0 Å². The van der Waals surface area contributed by atoms with Gasteiger partial charge in [-0.1, -0.05) is 26.0 Å². The number of carbonyl (C=O) groups is 2. The standard InChI is InChI=1S/C29H41N3O5/c1-27(2,3)36-25(33)24-20-17-29(7,8)15-13-21(20)30-32(24)22-11-9-10-12-23(22)35-19-14-16-31(18-19)26(34)37-28(4,5)6/h9-12,19H,13-18H2,1-8H3/t19-/m0/s1. The van der Waals surface area contributed by atoms with Crippen molar-refractivity contribution in [3.05, 3.63) is 41.2 Å². The predicted molar refractivity (Wildman–Crippen MR) is 141 cm³/mol. The average molecular weight is 512 g/mol. The van der Waals surface area contributed by atoms with E-state index in [-0.39, 0.29) is 23.6 Å². The van der Waals surface area contributed by atoms with Crippen molar-refractivity contribution in [3.63, 3.8) is 0 Å². The summed E-state index contributed by atoms with van der Waals surface area (Å²) in [6.07, 6.45) is 2.74. The van der Waals surface area contributed by atoms with Gasteiger partial charge >= 0.3 is 12.1 Å². The number of aryl methyl sites for hydroxylation is 1. The highest BCUT2D eigenvalue weighted by atomic mass is 16.6. The molecule has 1 amide bonds. The number of carbonyl (C=O) groups excluding carboxylic acids is 2. The maximum absolute atomic E-state index is 13.5. The van der Waals surface area contributed by atoms with Gasteiger partial charge in [-0.2, -0.15) is 5.10 Å². The molecule has 0 N–H and O–H groups in total. The third-order valence-electron chi connectivity index (χ3n) is 6.54. The van der Waals surface area contributed by atoms with E-state index in [0.29, 0.717) is 36.6 Å². The lowest BCUT2D eigenvalue weighted by molar-refractivity contribution is 0.00568. The smallest absolute Gasteiger partial charge is 0.410 e. The number of benzene rings is 1. The largest absolute Gasteiger partial charge is 0.486 e. The molecule has 0 bridgehead atoms. The number of hydrogen-bond donors (Lipinski definition) is 0. The first kappa shape index (κ1) is 27.0. The van der Waals surface area contributed by atoms with E-state index in [1.54, 1.807) is 9.58 Å². The van der Waals surface area contributed by atoms with Crippen molar-refractivity contribution < 1.29 is 23.8 Å². The number of likely N-dealkylation sites (tertiary alicyclic amines) is 1. The Morgan fingerprint density at radius 3 is 2.38 bits per heavy atom. The maximum atomic E-state index is 13.5. The monoisotopic (exact) mass is 511 g/mol. The first-order valence-corrected chi connectivity index (χ1v) is 13.2. The molecule has 2 aromatic rings. The molecule has 0 spiro atoms. The minimum absolute atomic E-state index is 0.0720. The zero-order valence-electron chi connectivity index (χ0n) is 23.5. The molecule has 8 nitrogen and oxygen atoms in total. The summed E-state index contributed by atoms with van der Waals surface area (Å²) in [6, 6.07) is 7.61. The molecule has 2 aliphatic rings. The van der Waals surface area contributed by atoms with E-state index < -0.39 is 11.2 Å². The van der Waals surface area contributed by atoms with E-state index >= 15 is 0 Å². The van der Waals surface area contributed by atoms with Crippen molar-refractivity contribution in [2.75, 3.05) is 13.1 Å². The van der Waals surface area contributed by atoms with Crippen molar-refractivity contribution in [2.24, 2.45) is 5.41 Å². The predicted octanol–water partition coefficient (Wildman–Crippen LogP) is 5.73. The third kappa shape index (κ3) is 6.46. The molecule has 1 aliphatic heterocycles. The Morgan fingerprint density at radius 1 is 1.03 bits per heavy atom. The van der Waals surface area contributed by atoms with Crippen LogP contribution < -0.4 is 4.74 Å². The van der Waals surface area contributed by atoms with Crippen LogP contribution >= 0.6 is 0 Å². The Hall–Kier alpha value is -3.03. The molecule has 1 aromatic carbocycles. The van der Waals surface area contributed by atoms with E-state index in [4.69, 9.17) is 19.3 Å². The van der Waals surface area contributed by atoms with Crippen molar-refractivity contribution >= 4 is 12.1 Å². The summed E-state index contributed by atoms with van der Waals surface area (Å²) < 4.78 is 19.5. The molecule has 8 heteroatoms. The van der Waals surface area contributed by atoms with Gasteiger partial charge in [0.05, 0.1) is 12.2 Å². The zero-order valence-corrected chi connectivity index (χ0v) is 23.5. The Labute approximate surface area is 220 Å². The quantitative estimate of drug-likeness (QED) is 0.488. The van der Waals surface area contributed by atoms with Crippen LogP contribution in [0.1, 0.15) is 90.0 Å². The summed E-state index contributed by atoms with van der Waals surface area (Å²) >= 11 is 0. The van der Waals surface area contributed by atoms with Gasteiger partial charge in [0.2, 0.25) is 0 Å². The summed E-state index contributed by atoms with van der Waals surface area (Å²) in [6.45, 7) is 16.6. The number of nitrogens with zero attached hydrogens (tertiary/aromatic N) is 3. The van der Waals surface area contributed by atoms with Crippen LogP contribution in [0.25, 0.3) is 5.69 Å². The van der Waals surface area contributed by atoms with Crippen LogP contribution in [0.2, 0.25) is 0 Å². The summed E-state index contributed by atoms with van der Waals surface area (Å²) in [7, 11) is 0. The van der Waals surface area contributed by atoms with E-state index in [9.17, 15) is 9.59 Å². The molecule has 2 heterocycles. The molecular weight excluding hydrogens is 470 g/mol. The van der Waals surface area contributed by atoms with Crippen LogP contribution in [-0.4, -0.2) is 57.1 Å². The molecule has 1 atom stereocenters. The maximum Gasteiger partial charge on any atom is 0.410 e. The van der Waals surface area contributed by atoms with Gasteiger partial charge in [-0.25, -0.2) is 14.3 Å². The average Bonchev–Trinajstić information content (AvgIpc) is 3.35. The van der Waals surface area contributed by atoms with Crippen molar-refractivity contribution in [3.8, 4) is 11.4 Å². The van der Waals surface area contributed by atoms with Crippen LogP contribution in [0, 0.1) is 5.41 Å². The van der Waals surface area contributed by atoms with Crippen LogP contribution in [0.15, 0.2) is 24.3 Å². The fourth-order valence-corrected chi connectivity index (χ4v) is 4.84. The number of fused-ring (bicyclic) bond motifs is 1. The van der Waals surface area contributed by atoms with Crippen LogP contribution in [0.3, 0.4) is 0 Å². The third-order valence-corrected chi connectivity index (χ3v) is 6.54. The number of para-hydroxylation sites is 2. The first-order valence-electron chi connectivity index (χ1n) is 13.2. The van der Waals surface area contributed by atoms with E-state index in [2.05, 4.69) is 13.8 Å². The van der Waals surface area contributed by atoms with Crippen LogP contribution in [-0.2, 0) is 22.3 Å². The highest BCUT2D eigenvalue weighted by Gasteiger charge is 2.36. The molecular formula is C29H41N3O5. The van der Waals surface area contributed by atoms with Crippen molar-refractivity contribution in [1.29, 1.82) is 0 Å². The second-order valence-corrected chi connectivity index (χ2v) is 13.0. The lowest BCUT2D eigenvalue weighted by Crippen LogP contribution is -2.36. The normalized spacial score (nSPS) is 19.4. The Morgan fingerprint density at radius 2 is 1.70 bits per heavy atom. The minimum atomic E-state index is -0.631. The summed E-state index contributed by atoms with van der Waals surface area (Å²) in [5.74, 6) is 0.230. The van der Waals surface area contributed by atoms with E-state index in [1.165, 1.54) is 0 Å². The van der Waals surface area contributed by atoms with Gasteiger partial charge in [-0.05, 0) is 78.4 Å². The summed E-state index contributed by atoms with van der Waals surface area (Å²) in [5, 5.41) is 4.91. The Balaban J connectivity index is 1.65. The molecule has 0 radical (unpaired) electrons. The molecule has 37 heavy (non-hydrogen) atoms. The summed E-state index contributed by atoms with van der Waals surface area (Å²) in [4.78, 5) is 27.7. The first-order chi connectivity index (χ1) is 17.1. The number of amides is 1.